The first-order chi connectivity index (χ1) is 6.31. The largest absolute Gasteiger partial charge is 0.443 e. The minimum absolute atomic E-state index is 0.798. The summed E-state index contributed by atoms with van der Waals surface area (Å²) in [6.07, 6.45) is 1.46. The van der Waals surface area contributed by atoms with Crippen molar-refractivity contribution in [2.45, 2.75) is 0 Å². The Labute approximate surface area is 84.5 Å². The van der Waals surface area contributed by atoms with E-state index in [4.69, 9.17) is 4.42 Å². The first-order valence-corrected chi connectivity index (χ1v) is 5.04. The molecule has 1 aromatic carbocycles. The number of oxazole rings is 1. The third-order valence-electron chi connectivity index (χ3n) is 1.93. The molecule has 0 N–H and O–H groups in total. The number of benzene rings is 1. The van der Waals surface area contributed by atoms with E-state index in [0.717, 1.165) is 22.2 Å². The zero-order valence-corrected chi connectivity index (χ0v) is 8.78. The van der Waals surface area contributed by atoms with E-state index < -0.39 is 0 Å². The molecule has 0 bridgehead atoms. The summed E-state index contributed by atoms with van der Waals surface area (Å²) in [5.74, 6) is 0. The quantitative estimate of drug-likeness (QED) is 0.597. The van der Waals surface area contributed by atoms with Crippen molar-refractivity contribution in [1.29, 1.82) is 0 Å². The van der Waals surface area contributed by atoms with Crippen molar-refractivity contribution in [3.63, 3.8) is 0 Å². The molecule has 1 aromatic heterocycles. The number of alkyl halides is 1. The van der Waals surface area contributed by atoms with Crippen LogP contribution in [0.4, 0.5) is 5.69 Å². The maximum absolute atomic E-state index is 5.20. The molecule has 0 radical (unpaired) electrons. The Kier molecular flexibility index (Phi) is 2.22. The van der Waals surface area contributed by atoms with Gasteiger partial charge in [0.05, 0.1) is 5.45 Å². The van der Waals surface area contributed by atoms with Crippen LogP contribution in [0.15, 0.2) is 29.0 Å². The van der Waals surface area contributed by atoms with E-state index in [1.165, 1.54) is 6.39 Å². The van der Waals surface area contributed by atoms with Gasteiger partial charge in [-0.05, 0) is 12.1 Å². The molecule has 0 amide bonds. The topological polar surface area (TPSA) is 29.3 Å². The van der Waals surface area contributed by atoms with Crippen LogP contribution in [0, 0.1) is 0 Å². The molecular weight excluding hydrogens is 232 g/mol. The summed E-state index contributed by atoms with van der Waals surface area (Å²) in [5.41, 5.74) is 3.63. The first kappa shape index (κ1) is 8.56. The summed E-state index contributed by atoms with van der Waals surface area (Å²) >= 11 is 3.39. The van der Waals surface area contributed by atoms with Gasteiger partial charge in [0.2, 0.25) is 0 Å². The standard InChI is InChI=1S/C9H9BrN2O/c1-12(5-10)7-2-3-8-9(4-7)13-6-11-8/h2-4,6H,5H2,1H3. The summed E-state index contributed by atoms with van der Waals surface area (Å²) in [7, 11) is 2.01. The fourth-order valence-corrected chi connectivity index (χ4v) is 1.44. The van der Waals surface area contributed by atoms with Crippen molar-refractivity contribution in [1.82, 2.24) is 4.98 Å². The van der Waals surface area contributed by atoms with Crippen molar-refractivity contribution in [2.24, 2.45) is 0 Å². The monoisotopic (exact) mass is 240 g/mol. The highest BCUT2D eigenvalue weighted by atomic mass is 79.9. The van der Waals surface area contributed by atoms with E-state index in [2.05, 4.69) is 25.8 Å². The lowest BCUT2D eigenvalue weighted by Gasteiger charge is -2.14. The molecule has 68 valence electrons. The number of aromatic nitrogens is 1. The second-order valence-electron chi connectivity index (χ2n) is 2.82. The highest BCUT2D eigenvalue weighted by Gasteiger charge is 2.02. The number of nitrogens with zero attached hydrogens (tertiary/aromatic N) is 2. The van der Waals surface area contributed by atoms with Gasteiger partial charge in [0, 0.05) is 18.8 Å². The van der Waals surface area contributed by atoms with Gasteiger partial charge in [0.15, 0.2) is 12.0 Å². The van der Waals surface area contributed by atoms with Gasteiger partial charge in [-0.2, -0.15) is 0 Å². The van der Waals surface area contributed by atoms with Gasteiger partial charge in [-0.25, -0.2) is 4.98 Å². The number of halogens is 1. The SMILES string of the molecule is CN(CBr)c1ccc2ncoc2c1. The molecule has 0 fully saturated rings. The number of rotatable bonds is 2. The predicted octanol–water partition coefficient (Wildman–Crippen LogP) is 2.62. The molecule has 2 aromatic rings. The Balaban J connectivity index is 2.48. The molecule has 0 spiro atoms. The number of fused-ring (bicyclic) bond motifs is 1. The lowest BCUT2D eigenvalue weighted by Crippen LogP contribution is -2.13. The van der Waals surface area contributed by atoms with Crippen LogP contribution in [-0.4, -0.2) is 17.5 Å². The molecule has 0 aliphatic carbocycles. The van der Waals surface area contributed by atoms with Crippen LogP contribution >= 0.6 is 15.9 Å². The Morgan fingerprint density at radius 3 is 3.15 bits per heavy atom. The molecule has 13 heavy (non-hydrogen) atoms. The Hall–Kier alpha value is -1.03. The molecule has 0 saturated carbocycles. The lowest BCUT2D eigenvalue weighted by atomic mass is 10.3. The summed E-state index contributed by atoms with van der Waals surface area (Å²) < 4.78 is 5.20. The molecule has 4 heteroatoms. The van der Waals surface area contributed by atoms with Gasteiger partial charge >= 0.3 is 0 Å². The zero-order valence-electron chi connectivity index (χ0n) is 7.20. The van der Waals surface area contributed by atoms with E-state index in [0.29, 0.717) is 0 Å². The Morgan fingerprint density at radius 1 is 1.54 bits per heavy atom. The molecule has 0 saturated heterocycles. The van der Waals surface area contributed by atoms with Crippen LogP contribution < -0.4 is 4.90 Å². The van der Waals surface area contributed by atoms with Crippen molar-refractivity contribution in [2.75, 3.05) is 17.4 Å². The number of hydrogen-bond donors (Lipinski definition) is 0. The molecule has 0 aliphatic rings. The second-order valence-corrected chi connectivity index (χ2v) is 3.32. The van der Waals surface area contributed by atoms with E-state index >= 15 is 0 Å². The third kappa shape index (κ3) is 1.54. The van der Waals surface area contributed by atoms with Gasteiger partial charge in [0.1, 0.15) is 5.52 Å². The molecule has 0 aliphatic heterocycles. The van der Waals surface area contributed by atoms with Gasteiger partial charge in [-0.3, -0.25) is 0 Å². The Morgan fingerprint density at radius 2 is 2.38 bits per heavy atom. The maximum atomic E-state index is 5.20. The van der Waals surface area contributed by atoms with Crippen LogP contribution in [0.2, 0.25) is 0 Å². The Bertz CT molecular complexity index is 413. The van der Waals surface area contributed by atoms with E-state index in [1.807, 2.05) is 25.2 Å². The highest BCUT2D eigenvalue weighted by Crippen LogP contribution is 2.20. The van der Waals surface area contributed by atoms with Gasteiger partial charge in [-0.15, -0.1) is 0 Å². The number of hydrogen-bond acceptors (Lipinski definition) is 3. The second kappa shape index (κ2) is 3.38. The average Bonchev–Trinajstić information content (AvgIpc) is 2.63. The summed E-state index contributed by atoms with van der Waals surface area (Å²) in [5, 5.41) is 0. The number of anilines is 1. The summed E-state index contributed by atoms with van der Waals surface area (Å²) in [6.45, 7) is 0. The van der Waals surface area contributed by atoms with Crippen LogP contribution in [-0.2, 0) is 0 Å². The fraction of sp³-hybridized carbons (Fsp3) is 0.222. The summed E-state index contributed by atoms with van der Waals surface area (Å²) in [6, 6.07) is 5.95. The highest BCUT2D eigenvalue weighted by molar-refractivity contribution is 9.09. The van der Waals surface area contributed by atoms with Crippen molar-refractivity contribution < 1.29 is 4.42 Å². The predicted molar refractivity (Wildman–Crippen MR) is 56.2 cm³/mol. The summed E-state index contributed by atoms with van der Waals surface area (Å²) in [4.78, 5) is 6.12. The van der Waals surface area contributed by atoms with E-state index in [1.54, 1.807) is 0 Å². The molecule has 2 rings (SSSR count). The fourth-order valence-electron chi connectivity index (χ4n) is 1.15. The van der Waals surface area contributed by atoms with Crippen molar-refractivity contribution in [3.8, 4) is 0 Å². The average molecular weight is 241 g/mol. The molecule has 3 nitrogen and oxygen atoms in total. The minimum Gasteiger partial charge on any atom is -0.443 e. The van der Waals surface area contributed by atoms with Crippen molar-refractivity contribution in [3.05, 3.63) is 24.6 Å². The smallest absolute Gasteiger partial charge is 0.181 e. The van der Waals surface area contributed by atoms with E-state index in [-0.39, 0.29) is 0 Å². The van der Waals surface area contributed by atoms with Crippen molar-refractivity contribution >= 4 is 32.7 Å². The van der Waals surface area contributed by atoms with E-state index in [9.17, 15) is 0 Å². The molecule has 0 atom stereocenters. The third-order valence-corrected chi connectivity index (χ3v) is 2.69. The van der Waals surface area contributed by atoms with Crippen LogP contribution in [0.5, 0.6) is 0 Å². The van der Waals surface area contributed by atoms with Crippen LogP contribution in [0.3, 0.4) is 0 Å². The minimum atomic E-state index is 0.798. The first-order valence-electron chi connectivity index (χ1n) is 3.91. The molecular formula is C9H9BrN2O. The molecule has 1 heterocycles. The van der Waals surface area contributed by atoms with Crippen LogP contribution in [0.1, 0.15) is 0 Å². The van der Waals surface area contributed by atoms with Gasteiger partial charge in [-0.1, -0.05) is 15.9 Å². The zero-order chi connectivity index (χ0) is 9.26. The molecule has 0 unspecified atom stereocenters. The normalized spacial score (nSPS) is 10.6. The van der Waals surface area contributed by atoms with Crippen LogP contribution in [0.25, 0.3) is 11.1 Å². The van der Waals surface area contributed by atoms with Gasteiger partial charge in [0.25, 0.3) is 0 Å². The van der Waals surface area contributed by atoms with Gasteiger partial charge < -0.3 is 9.32 Å². The lowest BCUT2D eigenvalue weighted by molar-refractivity contribution is 0.602. The maximum Gasteiger partial charge on any atom is 0.181 e.